The third-order valence-corrected chi connectivity index (χ3v) is 6.21. The summed E-state index contributed by atoms with van der Waals surface area (Å²) in [5.41, 5.74) is 1.79. The lowest BCUT2D eigenvalue weighted by atomic mass is 9.65. The summed E-state index contributed by atoms with van der Waals surface area (Å²) in [7, 11) is 0. The van der Waals surface area contributed by atoms with Gasteiger partial charge in [-0.2, -0.15) is 0 Å². The van der Waals surface area contributed by atoms with E-state index in [0.717, 1.165) is 38.5 Å². The Labute approximate surface area is 150 Å². The summed E-state index contributed by atoms with van der Waals surface area (Å²) in [6.45, 7) is 1.31. The number of benzene rings is 2. The van der Waals surface area contributed by atoms with E-state index in [2.05, 4.69) is 55.5 Å². The van der Waals surface area contributed by atoms with Gasteiger partial charge in [-0.1, -0.05) is 86.7 Å². The average molecular weight is 337 g/mol. The van der Waals surface area contributed by atoms with Gasteiger partial charge >= 0.3 is 6.69 Å². The number of hydrogen-bond acceptors (Lipinski definition) is 2. The van der Waals surface area contributed by atoms with Gasteiger partial charge < -0.3 is 14.5 Å². The second kappa shape index (κ2) is 6.60. The molecular formula is C21H28BNO2. The van der Waals surface area contributed by atoms with Crippen molar-refractivity contribution in [3.63, 3.8) is 0 Å². The molecule has 0 radical (unpaired) electrons. The van der Waals surface area contributed by atoms with Crippen LogP contribution in [0, 0.1) is 0 Å². The highest BCUT2D eigenvalue weighted by Crippen LogP contribution is 2.44. The molecule has 4 heteroatoms. The Kier molecular flexibility index (Phi) is 4.44. The Hall–Kier alpha value is -1.62. The lowest BCUT2D eigenvalue weighted by Crippen LogP contribution is -3.22. The Morgan fingerprint density at radius 3 is 2.24 bits per heavy atom. The van der Waals surface area contributed by atoms with E-state index in [0.29, 0.717) is 0 Å². The largest absolute Gasteiger partial charge is 0.528 e. The molecule has 0 saturated carbocycles. The van der Waals surface area contributed by atoms with Crippen LogP contribution in [0.25, 0.3) is 0 Å². The molecule has 2 fully saturated rings. The molecule has 3 nitrogen and oxygen atoms in total. The standard InChI is InChI=1S/C21H28BNO2/c1-2-3-16-22(24)23-17-10-15-20(23)21(25-22,18-11-6-4-7-12-18)19-13-8-5-9-14-19/h4-9,11-14,20,23-24H,2-3,10,15-17H2,1H3/t20-,22?/m0/s1. The van der Waals surface area contributed by atoms with Gasteiger partial charge in [-0.3, -0.25) is 0 Å². The maximum Gasteiger partial charge on any atom is 0.469 e. The molecule has 2 saturated heterocycles. The zero-order valence-corrected chi connectivity index (χ0v) is 15.0. The summed E-state index contributed by atoms with van der Waals surface area (Å²) < 4.78 is 6.76. The molecule has 0 aliphatic carbocycles. The van der Waals surface area contributed by atoms with E-state index in [-0.39, 0.29) is 6.04 Å². The predicted octanol–water partition coefficient (Wildman–Crippen LogP) is 2.74. The van der Waals surface area contributed by atoms with Crippen LogP contribution in [0.1, 0.15) is 43.7 Å². The third-order valence-electron chi connectivity index (χ3n) is 6.21. The number of fused-ring (bicyclic) bond motifs is 1. The van der Waals surface area contributed by atoms with Gasteiger partial charge in [0.05, 0.1) is 6.04 Å². The van der Waals surface area contributed by atoms with E-state index in [4.69, 9.17) is 4.65 Å². The van der Waals surface area contributed by atoms with Gasteiger partial charge in [0.25, 0.3) is 0 Å². The summed E-state index contributed by atoms with van der Waals surface area (Å²) >= 11 is 0. The van der Waals surface area contributed by atoms with Crippen LogP contribution in [0.3, 0.4) is 0 Å². The van der Waals surface area contributed by atoms with Crippen molar-refractivity contribution < 1.29 is 14.5 Å². The van der Waals surface area contributed by atoms with Crippen LogP contribution in [0.2, 0.25) is 6.32 Å². The van der Waals surface area contributed by atoms with Gasteiger partial charge in [0.1, 0.15) is 5.60 Å². The molecule has 2 aliphatic rings. The van der Waals surface area contributed by atoms with Crippen molar-refractivity contribution in [2.24, 2.45) is 0 Å². The van der Waals surface area contributed by atoms with Crippen LogP contribution in [-0.4, -0.2) is 24.3 Å². The first kappa shape index (κ1) is 16.8. The van der Waals surface area contributed by atoms with Gasteiger partial charge in [0.2, 0.25) is 0 Å². The van der Waals surface area contributed by atoms with Crippen LogP contribution in [0.5, 0.6) is 0 Å². The Morgan fingerprint density at radius 2 is 1.68 bits per heavy atom. The topological polar surface area (TPSA) is 33.9 Å². The van der Waals surface area contributed by atoms with Gasteiger partial charge in [0.15, 0.2) is 0 Å². The third kappa shape index (κ3) is 2.64. The number of unbranched alkanes of at least 4 members (excludes halogenated alkanes) is 1. The molecule has 132 valence electrons. The number of hydrogen-bond donors (Lipinski definition) is 2. The number of nitrogens with one attached hydrogen (secondary N) is 1. The van der Waals surface area contributed by atoms with Crippen molar-refractivity contribution in [2.75, 3.05) is 6.54 Å². The number of quaternary nitrogens is 1. The SMILES string of the molecule is CCCC[B-]1(O)OC(c2ccccc2)(c2ccccc2)[C@@H]2CCC[NH+]21. The fourth-order valence-corrected chi connectivity index (χ4v) is 5.14. The summed E-state index contributed by atoms with van der Waals surface area (Å²) in [4.78, 5) is 1.28. The summed E-state index contributed by atoms with van der Waals surface area (Å²) in [5.74, 6) is 0. The Bertz CT molecular complexity index is 669. The van der Waals surface area contributed by atoms with Crippen molar-refractivity contribution in [3.05, 3.63) is 71.8 Å². The van der Waals surface area contributed by atoms with Crippen LogP contribution in [0.4, 0.5) is 0 Å². The average Bonchev–Trinajstić information content (AvgIpc) is 3.25. The minimum absolute atomic E-state index is 0.277. The fraction of sp³-hybridized carbons (Fsp3) is 0.429. The van der Waals surface area contributed by atoms with Crippen molar-refractivity contribution >= 4 is 6.69 Å². The smallest absolute Gasteiger partial charge is 0.469 e. The van der Waals surface area contributed by atoms with Gasteiger partial charge in [0, 0.05) is 13.0 Å². The van der Waals surface area contributed by atoms with Crippen LogP contribution in [-0.2, 0) is 10.3 Å². The Morgan fingerprint density at radius 1 is 1.08 bits per heavy atom. The van der Waals surface area contributed by atoms with E-state index in [9.17, 15) is 5.02 Å². The first-order chi connectivity index (χ1) is 12.2. The zero-order valence-electron chi connectivity index (χ0n) is 15.0. The van der Waals surface area contributed by atoms with Crippen molar-refractivity contribution in [1.29, 1.82) is 0 Å². The monoisotopic (exact) mass is 337 g/mol. The summed E-state index contributed by atoms with van der Waals surface area (Å²) in [5, 5.41) is 11.6. The highest BCUT2D eigenvalue weighted by molar-refractivity contribution is 6.57. The van der Waals surface area contributed by atoms with E-state index in [1.165, 1.54) is 15.9 Å². The molecule has 4 rings (SSSR count). The molecule has 0 spiro atoms. The molecular weight excluding hydrogens is 309 g/mol. The number of rotatable bonds is 5. The zero-order chi connectivity index (χ0) is 17.3. The fourth-order valence-electron chi connectivity index (χ4n) is 5.14. The van der Waals surface area contributed by atoms with Gasteiger partial charge in [-0.15, -0.1) is 0 Å². The lowest BCUT2D eigenvalue weighted by Gasteiger charge is -2.37. The second-order valence-corrected chi connectivity index (χ2v) is 7.65. The van der Waals surface area contributed by atoms with Gasteiger partial charge in [-0.05, 0) is 17.5 Å². The molecule has 2 heterocycles. The normalized spacial score (nSPS) is 30.3. The van der Waals surface area contributed by atoms with E-state index < -0.39 is 12.3 Å². The highest BCUT2D eigenvalue weighted by atomic mass is 16.6. The molecule has 0 amide bonds. The van der Waals surface area contributed by atoms with Crippen LogP contribution >= 0.6 is 0 Å². The summed E-state index contributed by atoms with van der Waals surface area (Å²) in [6.07, 6.45) is 5.08. The second-order valence-electron chi connectivity index (χ2n) is 7.65. The molecule has 2 N–H and O–H groups in total. The molecule has 0 aromatic heterocycles. The quantitative estimate of drug-likeness (QED) is 0.823. The molecule has 0 bridgehead atoms. The van der Waals surface area contributed by atoms with Crippen LogP contribution < -0.4 is 4.81 Å². The maximum absolute atomic E-state index is 11.6. The summed E-state index contributed by atoms with van der Waals surface area (Å²) in [6, 6.07) is 21.3. The lowest BCUT2D eigenvalue weighted by molar-refractivity contribution is -0.816. The maximum atomic E-state index is 11.6. The van der Waals surface area contributed by atoms with Crippen LogP contribution in [0.15, 0.2) is 60.7 Å². The van der Waals surface area contributed by atoms with Crippen molar-refractivity contribution in [1.82, 2.24) is 0 Å². The predicted molar refractivity (Wildman–Crippen MR) is 101 cm³/mol. The minimum Gasteiger partial charge on any atom is -0.528 e. The first-order valence-electron chi connectivity index (χ1n) is 9.76. The van der Waals surface area contributed by atoms with E-state index in [1.807, 2.05) is 12.1 Å². The molecule has 3 atom stereocenters. The molecule has 2 aromatic carbocycles. The first-order valence-corrected chi connectivity index (χ1v) is 9.76. The van der Waals surface area contributed by atoms with Crippen molar-refractivity contribution in [3.8, 4) is 0 Å². The highest BCUT2D eigenvalue weighted by Gasteiger charge is 2.63. The van der Waals surface area contributed by atoms with Crippen molar-refractivity contribution in [2.45, 2.75) is 50.6 Å². The molecule has 2 aliphatic heterocycles. The molecule has 2 unspecified atom stereocenters. The molecule has 2 aromatic rings. The van der Waals surface area contributed by atoms with E-state index in [1.54, 1.807) is 0 Å². The Balaban J connectivity index is 1.87. The van der Waals surface area contributed by atoms with E-state index >= 15 is 0 Å². The molecule has 25 heavy (non-hydrogen) atoms. The minimum atomic E-state index is -1.87. The van der Waals surface area contributed by atoms with Gasteiger partial charge in [-0.25, -0.2) is 0 Å².